The van der Waals surface area contributed by atoms with Crippen molar-refractivity contribution < 1.29 is 23.5 Å². The molecule has 8 nitrogen and oxygen atoms in total. The van der Waals surface area contributed by atoms with Crippen LogP contribution in [0.2, 0.25) is 0 Å². The number of carbonyl (C=O) groups is 3. The second-order valence-electron chi connectivity index (χ2n) is 6.89. The molecule has 2 fully saturated rings. The summed E-state index contributed by atoms with van der Waals surface area (Å²) >= 11 is 1.40. The van der Waals surface area contributed by atoms with Crippen molar-refractivity contribution in [1.82, 2.24) is 10.2 Å². The molecule has 2 amide bonds. The maximum absolute atomic E-state index is 12.5. The molecule has 1 aliphatic heterocycles. The fourth-order valence-electron chi connectivity index (χ4n) is 3.16. The largest absolute Gasteiger partial charge is 0.466 e. The van der Waals surface area contributed by atoms with Crippen molar-refractivity contribution in [3.8, 4) is 6.07 Å². The Morgan fingerprint density at radius 3 is 2.78 bits per heavy atom. The molecular weight excluding hydrogens is 370 g/mol. The van der Waals surface area contributed by atoms with Crippen LogP contribution in [0.3, 0.4) is 0 Å². The van der Waals surface area contributed by atoms with Crippen LogP contribution in [0, 0.1) is 17.2 Å². The molecule has 2 heterocycles. The van der Waals surface area contributed by atoms with E-state index in [9.17, 15) is 19.6 Å². The smallest absolute Gasteiger partial charge is 0.330 e. The number of amides is 2. The number of thioether (sulfide) groups is 1. The van der Waals surface area contributed by atoms with Gasteiger partial charge >= 0.3 is 5.97 Å². The minimum atomic E-state index is -0.942. The Kier molecular flexibility index (Phi) is 5.46. The topological polar surface area (TPSA) is 113 Å². The predicted octanol–water partition coefficient (Wildman–Crippen LogP) is 1.59. The van der Waals surface area contributed by atoms with E-state index in [0.29, 0.717) is 11.5 Å². The molecule has 9 heteroatoms. The zero-order valence-electron chi connectivity index (χ0n) is 15.1. The van der Waals surface area contributed by atoms with Gasteiger partial charge in [-0.1, -0.05) is 0 Å². The first-order chi connectivity index (χ1) is 12.9. The third-order valence-electron chi connectivity index (χ3n) is 4.79. The molecule has 27 heavy (non-hydrogen) atoms. The lowest BCUT2D eigenvalue weighted by atomic mass is 9.98. The molecule has 3 rings (SSSR count). The average molecular weight is 391 g/mol. The van der Waals surface area contributed by atoms with Crippen LogP contribution < -0.4 is 5.32 Å². The number of nitrogens with zero attached hydrogens (tertiary/aromatic N) is 2. The summed E-state index contributed by atoms with van der Waals surface area (Å²) in [4.78, 5) is 38.0. The summed E-state index contributed by atoms with van der Waals surface area (Å²) in [5.41, 5.74) is -0.942. The van der Waals surface area contributed by atoms with E-state index in [1.807, 2.05) is 0 Å². The van der Waals surface area contributed by atoms with Crippen LogP contribution in [0.1, 0.15) is 37.8 Å². The molecule has 1 saturated carbocycles. The molecule has 1 aliphatic carbocycles. The molecule has 0 spiro atoms. The van der Waals surface area contributed by atoms with E-state index in [4.69, 9.17) is 9.15 Å². The van der Waals surface area contributed by atoms with Gasteiger partial charge in [0.1, 0.15) is 22.7 Å². The van der Waals surface area contributed by atoms with Crippen molar-refractivity contribution in [1.29, 1.82) is 5.26 Å². The predicted molar refractivity (Wildman–Crippen MR) is 96.1 cm³/mol. The van der Waals surface area contributed by atoms with Crippen LogP contribution in [-0.4, -0.2) is 46.6 Å². The Hall–Kier alpha value is -2.47. The van der Waals surface area contributed by atoms with E-state index < -0.39 is 35.4 Å². The highest BCUT2D eigenvalue weighted by Gasteiger charge is 2.44. The summed E-state index contributed by atoms with van der Waals surface area (Å²) in [6.07, 6.45) is 3.30. The van der Waals surface area contributed by atoms with E-state index in [1.54, 1.807) is 19.1 Å². The Bertz CT molecular complexity index is 770. The normalized spacial score (nSPS) is 24.0. The minimum Gasteiger partial charge on any atom is -0.466 e. The molecule has 3 atom stereocenters. The van der Waals surface area contributed by atoms with Crippen LogP contribution >= 0.6 is 11.8 Å². The van der Waals surface area contributed by atoms with Crippen molar-refractivity contribution in [3.63, 3.8) is 0 Å². The summed E-state index contributed by atoms with van der Waals surface area (Å²) in [6, 6.07) is 4.79. The average Bonchev–Trinajstić information content (AvgIpc) is 3.19. The summed E-state index contributed by atoms with van der Waals surface area (Å²) in [6.45, 7) is 2.56. The highest BCUT2D eigenvalue weighted by Crippen LogP contribution is 2.42. The van der Waals surface area contributed by atoms with E-state index in [-0.39, 0.29) is 11.8 Å². The van der Waals surface area contributed by atoms with Gasteiger partial charge in [-0.3, -0.25) is 9.59 Å². The number of nitriles is 1. The highest BCUT2D eigenvalue weighted by atomic mass is 32.2. The number of nitrogens with one attached hydrogen (secondary N) is 1. The molecule has 1 saturated heterocycles. The van der Waals surface area contributed by atoms with Crippen LogP contribution in [0.15, 0.2) is 22.8 Å². The first-order valence-electron chi connectivity index (χ1n) is 8.68. The molecule has 144 valence electrons. The van der Waals surface area contributed by atoms with Crippen molar-refractivity contribution in [2.45, 2.75) is 43.6 Å². The van der Waals surface area contributed by atoms with Crippen LogP contribution in [-0.2, 0) is 19.1 Å². The van der Waals surface area contributed by atoms with Crippen molar-refractivity contribution in [3.05, 3.63) is 24.2 Å². The van der Waals surface area contributed by atoms with Gasteiger partial charge in [0.25, 0.3) is 5.91 Å². The van der Waals surface area contributed by atoms with Crippen molar-refractivity contribution >= 4 is 29.5 Å². The minimum absolute atomic E-state index is 0.135. The Morgan fingerprint density at radius 2 is 2.22 bits per heavy atom. The zero-order valence-corrected chi connectivity index (χ0v) is 16.0. The van der Waals surface area contributed by atoms with Crippen LogP contribution in [0.5, 0.6) is 0 Å². The number of ether oxygens (including phenoxy) is 1. The zero-order chi connectivity index (χ0) is 19.6. The third-order valence-corrected chi connectivity index (χ3v) is 6.08. The Labute approximate surface area is 161 Å². The van der Waals surface area contributed by atoms with Gasteiger partial charge in [-0.15, -0.1) is 11.8 Å². The molecule has 0 aromatic carbocycles. The molecule has 1 N–H and O–H groups in total. The lowest BCUT2D eigenvalue weighted by molar-refractivity contribution is -0.156. The molecule has 1 aromatic heterocycles. The van der Waals surface area contributed by atoms with Gasteiger partial charge in [0.15, 0.2) is 6.61 Å². The van der Waals surface area contributed by atoms with Crippen molar-refractivity contribution in [2.24, 2.45) is 5.92 Å². The van der Waals surface area contributed by atoms with Crippen LogP contribution in [0.4, 0.5) is 0 Å². The molecule has 0 radical (unpaired) electrons. The van der Waals surface area contributed by atoms with Gasteiger partial charge in [-0.05, 0) is 37.8 Å². The first kappa shape index (κ1) is 19.3. The van der Waals surface area contributed by atoms with Gasteiger partial charge < -0.3 is 19.4 Å². The number of esters is 1. The number of hydrogen-bond acceptors (Lipinski definition) is 7. The van der Waals surface area contributed by atoms with Gasteiger partial charge in [-0.25, -0.2) is 4.79 Å². The number of hydrogen-bond donors (Lipinski definition) is 1. The van der Waals surface area contributed by atoms with Gasteiger partial charge in [0.05, 0.1) is 12.3 Å². The third kappa shape index (κ3) is 4.11. The fraction of sp³-hybridized carbons (Fsp3) is 0.556. The summed E-state index contributed by atoms with van der Waals surface area (Å²) < 4.78 is 10.5. The summed E-state index contributed by atoms with van der Waals surface area (Å²) in [5.74, 6) is -0.385. The Morgan fingerprint density at radius 1 is 1.48 bits per heavy atom. The van der Waals surface area contributed by atoms with E-state index >= 15 is 0 Å². The first-order valence-corrected chi connectivity index (χ1v) is 9.73. The molecule has 0 unspecified atom stereocenters. The molecule has 1 aromatic rings. The summed E-state index contributed by atoms with van der Waals surface area (Å²) in [7, 11) is 0. The monoisotopic (exact) mass is 391 g/mol. The second kappa shape index (κ2) is 7.64. The molecular formula is C18H21N3O5S. The quantitative estimate of drug-likeness (QED) is 0.733. The standard InChI is InChI=1S/C18H21N3O5S/c1-11(22)21-13(9-27-16(21)14-4-3-7-25-14)17(24)26-8-15(23)20-18(2,10-19)12-5-6-12/h3-4,7,12-13,16H,5-6,8-9H2,1-2H3,(H,20,23)/t13-,16+,18+/m1/s1. The lowest BCUT2D eigenvalue weighted by Crippen LogP contribution is -2.49. The SMILES string of the molecule is CC(=O)N1[C@@H](C(=O)OCC(=O)N[C@@](C)(C#N)C2CC2)CS[C@H]1c1ccco1. The van der Waals surface area contributed by atoms with Gasteiger partial charge in [0, 0.05) is 12.7 Å². The van der Waals surface area contributed by atoms with E-state index in [1.165, 1.54) is 29.8 Å². The number of carbonyl (C=O) groups excluding carboxylic acids is 3. The lowest BCUT2D eigenvalue weighted by Gasteiger charge is -2.26. The Balaban J connectivity index is 1.58. The van der Waals surface area contributed by atoms with Gasteiger partial charge in [-0.2, -0.15) is 5.26 Å². The van der Waals surface area contributed by atoms with Gasteiger partial charge in [0.2, 0.25) is 5.91 Å². The molecule has 0 bridgehead atoms. The number of furan rings is 1. The number of rotatable bonds is 6. The van der Waals surface area contributed by atoms with Crippen LogP contribution in [0.25, 0.3) is 0 Å². The second-order valence-corrected chi connectivity index (χ2v) is 8.00. The maximum atomic E-state index is 12.5. The van der Waals surface area contributed by atoms with E-state index in [0.717, 1.165) is 12.8 Å². The maximum Gasteiger partial charge on any atom is 0.330 e. The fourth-order valence-corrected chi connectivity index (χ4v) is 4.58. The van der Waals surface area contributed by atoms with Crippen molar-refractivity contribution in [2.75, 3.05) is 12.4 Å². The summed E-state index contributed by atoms with van der Waals surface area (Å²) in [5, 5.41) is 11.5. The highest BCUT2D eigenvalue weighted by molar-refractivity contribution is 7.99. The molecule has 2 aliphatic rings. The van der Waals surface area contributed by atoms with E-state index in [2.05, 4.69) is 11.4 Å².